The van der Waals surface area contributed by atoms with Crippen LogP contribution in [-0.4, -0.2) is 10.9 Å². The normalized spacial score (nSPS) is 10.2. The molecule has 0 N–H and O–H groups in total. The molecule has 0 atom stereocenters. The van der Waals surface area contributed by atoms with E-state index in [2.05, 4.69) is 0 Å². The van der Waals surface area contributed by atoms with Gasteiger partial charge in [0, 0.05) is 6.07 Å². The molecule has 7 heteroatoms. The molecule has 0 aliphatic heterocycles. The van der Waals surface area contributed by atoms with E-state index in [1.165, 1.54) is 24.3 Å². The first-order valence-electron chi connectivity index (χ1n) is 5.65. The first-order chi connectivity index (χ1) is 9.47. The highest BCUT2D eigenvalue weighted by Gasteiger charge is 2.15. The number of benzene rings is 1. The molecular formula is C13H10NO6-. The number of carboxylic acids is 1. The van der Waals surface area contributed by atoms with Gasteiger partial charge in [0.05, 0.1) is 4.92 Å². The van der Waals surface area contributed by atoms with Crippen LogP contribution in [0.25, 0.3) is 0 Å². The highest BCUT2D eigenvalue weighted by molar-refractivity contribution is 5.82. The van der Waals surface area contributed by atoms with Crippen LogP contribution >= 0.6 is 0 Å². The standard InChI is InChI=1S/C13H11NO6/c1-8-2-4-11(10(6-8)14(17)18)19-7-9-3-5-12(20-9)13(15)16/h2-6H,7H2,1H3,(H,15,16)/p-1. The molecule has 0 amide bonds. The minimum atomic E-state index is -1.43. The van der Waals surface area contributed by atoms with Crippen LogP contribution in [0.4, 0.5) is 5.69 Å². The lowest BCUT2D eigenvalue weighted by molar-refractivity contribution is -0.386. The number of carbonyl (C=O) groups is 1. The van der Waals surface area contributed by atoms with Gasteiger partial charge >= 0.3 is 5.69 Å². The van der Waals surface area contributed by atoms with E-state index >= 15 is 0 Å². The summed E-state index contributed by atoms with van der Waals surface area (Å²) in [6, 6.07) is 7.19. The fourth-order valence-corrected chi connectivity index (χ4v) is 1.61. The number of furan rings is 1. The molecule has 104 valence electrons. The third-order valence-corrected chi connectivity index (χ3v) is 2.54. The minimum absolute atomic E-state index is 0.0898. The van der Waals surface area contributed by atoms with Crippen LogP contribution in [-0.2, 0) is 6.61 Å². The van der Waals surface area contributed by atoms with Crippen LogP contribution in [0.3, 0.4) is 0 Å². The fourth-order valence-electron chi connectivity index (χ4n) is 1.61. The Hall–Kier alpha value is -2.83. The number of carboxylic acid groups (broad SMARTS) is 1. The second kappa shape index (κ2) is 5.43. The Labute approximate surface area is 113 Å². The van der Waals surface area contributed by atoms with E-state index in [0.717, 1.165) is 5.56 Å². The average Bonchev–Trinajstić information content (AvgIpc) is 2.86. The van der Waals surface area contributed by atoms with Crippen LogP contribution in [0.15, 0.2) is 34.7 Å². The lowest BCUT2D eigenvalue weighted by Gasteiger charge is -2.05. The van der Waals surface area contributed by atoms with Crippen LogP contribution in [0.2, 0.25) is 0 Å². The molecule has 1 aromatic carbocycles. The molecule has 0 aliphatic carbocycles. The predicted molar refractivity (Wildman–Crippen MR) is 65.2 cm³/mol. The molecule has 2 aromatic rings. The molecule has 7 nitrogen and oxygen atoms in total. The highest BCUT2D eigenvalue weighted by Crippen LogP contribution is 2.28. The Morgan fingerprint density at radius 1 is 1.35 bits per heavy atom. The summed E-state index contributed by atoms with van der Waals surface area (Å²) in [4.78, 5) is 20.9. The molecule has 0 fully saturated rings. The van der Waals surface area contributed by atoms with Crippen LogP contribution < -0.4 is 9.84 Å². The van der Waals surface area contributed by atoms with E-state index in [0.29, 0.717) is 0 Å². The van der Waals surface area contributed by atoms with Crippen molar-refractivity contribution >= 4 is 11.7 Å². The maximum atomic E-state index is 10.9. The summed E-state index contributed by atoms with van der Waals surface area (Å²) < 4.78 is 10.2. The van der Waals surface area contributed by atoms with Gasteiger partial charge in [-0.3, -0.25) is 10.1 Å². The van der Waals surface area contributed by atoms with Gasteiger partial charge in [-0.05, 0) is 30.7 Å². The molecule has 1 aromatic heterocycles. The minimum Gasteiger partial charge on any atom is -0.542 e. The average molecular weight is 276 g/mol. The van der Waals surface area contributed by atoms with Gasteiger partial charge in [-0.1, -0.05) is 6.07 Å². The van der Waals surface area contributed by atoms with E-state index in [9.17, 15) is 20.0 Å². The van der Waals surface area contributed by atoms with E-state index < -0.39 is 10.9 Å². The number of nitrogens with zero attached hydrogens (tertiary/aromatic N) is 1. The van der Waals surface area contributed by atoms with Crippen molar-refractivity contribution < 1.29 is 24.0 Å². The van der Waals surface area contributed by atoms with Gasteiger partial charge in [0.25, 0.3) is 0 Å². The summed E-state index contributed by atoms with van der Waals surface area (Å²) in [6.45, 7) is 1.62. The van der Waals surface area contributed by atoms with Gasteiger partial charge in [-0.15, -0.1) is 0 Å². The predicted octanol–water partition coefficient (Wildman–Crippen LogP) is 1.44. The van der Waals surface area contributed by atoms with Gasteiger partial charge in [0.2, 0.25) is 0 Å². The number of rotatable bonds is 5. The van der Waals surface area contributed by atoms with E-state index in [-0.39, 0.29) is 29.6 Å². The Kier molecular flexibility index (Phi) is 3.69. The Morgan fingerprint density at radius 3 is 2.70 bits per heavy atom. The number of aryl methyl sites for hydroxylation is 1. The summed E-state index contributed by atoms with van der Waals surface area (Å²) >= 11 is 0. The van der Waals surface area contributed by atoms with Crippen molar-refractivity contribution in [3.05, 3.63) is 57.5 Å². The quantitative estimate of drug-likeness (QED) is 0.604. The number of aromatic carboxylic acids is 1. The van der Waals surface area contributed by atoms with Crippen molar-refractivity contribution in [2.24, 2.45) is 0 Å². The molecule has 0 unspecified atom stereocenters. The summed E-state index contributed by atoms with van der Waals surface area (Å²) in [5.41, 5.74) is 0.581. The van der Waals surface area contributed by atoms with E-state index in [4.69, 9.17) is 9.15 Å². The van der Waals surface area contributed by atoms with Crippen LogP contribution in [0.5, 0.6) is 5.75 Å². The zero-order valence-electron chi connectivity index (χ0n) is 10.5. The third-order valence-electron chi connectivity index (χ3n) is 2.54. The van der Waals surface area contributed by atoms with Gasteiger partial charge in [0.1, 0.15) is 24.1 Å². The molecule has 0 spiro atoms. The molecule has 0 saturated heterocycles. The number of ether oxygens (including phenoxy) is 1. The molecule has 20 heavy (non-hydrogen) atoms. The summed E-state index contributed by atoms with van der Waals surface area (Å²) in [5.74, 6) is -1.43. The Morgan fingerprint density at radius 2 is 2.10 bits per heavy atom. The number of carbonyl (C=O) groups excluding carboxylic acids is 1. The zero-order valence-corrected chi connectivity index (χ0v) is 10.5. The third kappa shape index (κ3) is 2.94. The van der Waals surface area contributed by atoms with Gasteiger partial charge < -0.3 is 19.1 Å². The molecule has 0 aliphatic rings. The van der Waals surface area contributed by atoms with Crippen LogP contribution in [0.1, 0.15) is 21.9 Å². The monoisotopic (exact) mass is 276 g/mol. The lowest BCUT2D eigenvalue weighted by Crippen LogP contribution is -2.21. The molecule has 2 rings (SSSR count). The SMILES string of the molecule is Cc1ccc(OCc2ccc(C(=O)[O-])o2)c([N+](=O)[O-])c1. The molecule has 0 radical (unpaired) electrons. The summed E-state index contributed by atoms with van der Waals surface area (Å²) in [6.07, 6.45) is 0. The number of nitro benzene ring substituents is 1. The highest BCUT2D eigenvalue weighted by atomic mass is 16.6. The van der Waals surface area contributed by atoms with E-state index in [1.54, 1.807) is 13.0 Å². The number of nitro groups is 1. The van der Waals surface area contributed by atoms with Gasteiger partial charge in [-0.25, -0.2) is 0 Å². The first kappa shape index (κ1) is 13.6. The molecular weight excluding hydrogens is 266 g/mol. The fraction of sp³-hybridized carbons (Fsp3) is 0.154. The zero-order chi connectivity index (χ0) is 14.7. The van der Waals surface area contributed by atoms with Gasteiger partial charge in [-0.2, -0.15) is 0 Å². The molecule has 0 saturated carbocycles. The van der Waals surface area contributed by atoms with Crippen molar-refractivity contribution in [2.75, 3.05) is 0 Å². The van der Waals surface area contributed by atoms with Crippen molar-refractivity contribution in [1.29, 1.82) is 0 Å². The Balaban J connectivity index is 2.14. The van der Waals surface area contributed by atoms with Crippen molar-refractivity contribution in [3.8, 4) is 5.75 Å². The number of hydrogen-bond acceptors (Lipinski definition) is 6. The topological polar surface area (TPSA) is 106 Å². The summed E-state index contributed by atoms with van der Waals surface area (Å²) in [5, 5.41) is 21.4. The smallest absolute Gasteiger partial charge is 0.311 e. The lowest BCUT2D eigenvalue weighted by atomic mass is 10.2. The maximum Gasteiger partial charge on any atom is 0.311 e. The second-order valence-corrected chi connectivity index (χ2v) is 4.07. The maximum absolute atomic E-state index is 10.9. The first-order valence-corrected chi connectivity index (χ1v) is 5.65. The van der Waals surface area contributed by atoms with Crippen molar-refractivity contribution in [1.82, 2.24) is 0 Å². The van der Waals surface area contributed by atoms with Crippen LogP contribution in [0, 0.1) is 17.0 Å². The second-order valence-electron chi connectivity index (χ2n) is 4.07. The van der Waals surface area contributed by atoms with Crippen molar-refractivity contribution in [2.45, 2.75) is 13.5 Å². The number of hydrogen-bond donors (Lipinski definition) is 0. The summed E-state index contributed by atoms with van der Waals surface area (Å²) in [7, 11) is 0. The van der Waals surface area contributed by atoms with Gasteiger partial charge in [0.15, 0.2) is 5.75 Å². The molecule has 1 heterocycles. The largest absolute Gasteiger partial charge is 0.542 e. The Bertz CT molecular complexity index is 661. The van der Waals surface area contributed by atoms with Crippen molar-refractivity contribution in [3.63, 3.8) is 0 Å². The molecule has 0 bridgehead atoms. The van der Waals surface area contributed by atoms with E-state index in [1.807, 2.05) is 0 Å².